The van der Waals surface area contributed by atoms with Gasteiger partial charge in [-0.25, -0.2) is 4.79 Å². The van der Waals surface area contributed by atoms with Crippen LogP contribution in [-0.4, -0.2) is 29.6 Å². The molecule has 6 nitrogen and oxygen atoms in total. The first-order valence-corrected chi connectivity index (χ1v) is 10.1. The monoisotopic (exact) mass is 382 g/mol. The van der Waals surface area contributed by atoms with Crippen molar-refractivity contribution >= 4 is 6.16 Å². The number of phenols is 1. The molecule has 27 heavy (non-hydrogen) atoms. The van der Waals surface area contributed by atoms with E-state index in [4.69, 9.17) is 19.3 Å². The third kappa shape index (κ3) is 6.52. The van der Waals surface area contributed by atoms with Gasteiger partial charge in [0.15, 0.2) is 11.5 Å². The number of carbonyl (C=O) groups is 1. The van der Waals surface area contributed by atoms with Crippen molar-refractivity contribution < 1.29 is 29.2 Å². The van der Waals surface area contributed by atoms with Crippen LogP contribution in [0.2, 0.25) is 0 Å². The normalized spacial score (nSPS) is 10.7. The standard InChI is InChI=1S/C21H34O6/c1-5-9-13-25-18-16(12-8-4)15(11-7-3)17(22)19(27-21(23)24)20(18)26-14-10-6-2/h22H,5-14H2,1-4H3,(H,23,24). The lowest BCUT2D eigenvalue weighted by Crippen LogP contribution is -2.12. The van der Waals surface area contributed by atoms with Crippen LogP contribution in [0.25, 0.3) is 0 Å². The number of carboxylic acid groups (broad SMARTS) is 1. The average molecular weight is 382 g/mol. The molecular weight excluding hydrogens is 348 g/mol. The van der Waals surface area contributed by atoms with Gasteiger partial charge < -0.3 is 24.4 Å². The Kier molecular flexibility index (Phi) is 10.5. The molecule has 0 amide bonds. The van der Waals surface area contributed by atoms with Crippen LogP contribution in [0.3, 0.4) is 0 Å². The van der Waals surface area contributed by atoms with Crippen LogP contribution in [0.1, 0.15) is 77.3 Å². The highest BCUT2D eigenvalue weighted by molar-refractivity contribution is 5.72. The van der Waals surface area contributed by atoms with Crippen LogP contribution in [-0.2, 0) is 12.8 Å². The van der Waals surface area contributed by atoms with Gasteiger partial charge in [-0.15, -0.1) is 0 Å². The molecule has 0 saturated heterocycles. The zero-order valence-corrected chi connectivity index (χ0v) is 17.1. The van der Waals surface area contributed by atoms with Gasteiger partial charge in [-0.2, -0.15) is 0 Å². The molecule has 0 radical (unpaired) electrons. The SMILES string of the molecule is CCCCOc1c(CCC)c(CCC)c(O)c(OC(=O)O)c1OCCCC. The van der Waals surface area contributed by atoms with Gasteiger partial charge in [-0.05, 0) is 25.7 Å². The molecule has 0 unspecified atom stereocenters. The van der Waals surface area contributed by atoms with E-state index >= 15 is 0 Å². The Morgan fingerprint density at radius 2 is 1.30 bits per heavy atom. The highest BCUT2D eigenvalue weighted by atomic mass is 16.7. The predicted octanol–water partition coefficient (Wildman–Crippen LogP) is 5.71. The van der Waals surface area contributed by atoms with E-state index in [1.807, 2.05) is 13.8 Å². The van der Waals surface area contributed by atoms with Crippen molar-refractivity contribution in [2.75, 3.05) is 13.2 Å². The van der Waals surface area contributed by atoms with Gasteiger partial charge in [-0.3, -0.25) is 0 Å². The number of unbranched alkanes of at least 4 members (excludes halogenated alkanes) is 2. The number of ether oxygens (including phenoxy) is 3. The van der Waals surface area contributed by atoms with Crippen LogP contribution in [0.15, 0.2) is 0 Å². The second-order valence-electron chi connectivity index (χ2n) is 6.57. The Labute approximate surface area is 162 Å². The molecule has 0 bridgehead atoms. The van der Waals surface area contributed by atoms with Crippen molar-refractivity contribution in [1.82, 2.24) is 0 Å². The largest absolute Gasteiger partial charge is 0.511 e. The third-order valence-electron chi connectivity index (χ3n) is 4.23. The molecule has 0 fully saturated rings. The van der Waals surface area contributed by atoms with Crippen molar-refractivity contribution in [3.63, 3.8) is 0 Å². The number of phenolic OH excluding ortho intramolecular Hbond substituents is 1. The zero-order valence-electron chi connectivity index (χ0n) is 17.1. The van der Waals surface area contributed by atoms with E-state index in [0.717, 1.165) is 44.1 Å². The Morgan fingerprint density at radius 3 is 1.78 bits per heavy atom. The predicted molar refractivity (Wildman–Crippen MR) is 106 cm³/mol. The molecular formula is C21H34O6. The minimum absolute atomic E-state index is 0.156. The number of rotatable bonds is 13. The van der Waals surface area contributed by atoms with Gasteiger partial charge in [-0.1, -0.05) is 53.4 Å². The average Bonchev–Trinajstić information content (AvgIpc) is 2.63. The second kappa shape index (κ2) is 12.3. The van der Waals surface area contributed by atoms with Crippen LogP contribution in [0.5, 0.6) is 23.0 Å². The fourth-order valence-electron chi connectivity index (χ4n) is 2.90. The second-order valence-corrected chi connectivity index (χ2v) is 6.57. The number of aromatic hydroxyl groups is 1. The molecule has 2 N–H and O–H groups in total. The molecule has 1 aromatic carbocycles. The van der Waals surface area contributed by atoms with Crippen LogP contribution in [0, 0.1) is 0 Å². The van der Waals surface area contributed by atoms with E-state index < -0.39 is 6.16 Å². The summed E-state index contributed by atoms with van der Waals surface area (Å²) in [6.45, 7) is 9.08. The minimum Gasteiger partial charge on any atom is -0.504 e. The lowest BCUT2D eigenvalue weighted by Gasteiger charge is -2.23. The summed E-state index contributed by atoms with van der Waals surface area (Å²) in [5, 5.41) is 19.9. The molecule has 0 aliphatic carbocycles. The molecule has 154 valence electrons. The fraction of sp³-hybridized carbons (Fsp3) is 0.667. The molecule has 1 rings (SSSR count). The van der Waals surface area contributed by atoms with E-state index in [0.29, 0.717) is 37.4 Å². The van der Waals surface area contributed by atoms with Crippen molar-refractivity contribution in [2.24, 2.45) is 0 Å². The van der Waals surface area contributed by atoms with Crippen LogP contribution < -0.4 is 14.2 Å². The summed E-state index contributed by atoms with van der Waals surface area (Å²) >= 11 is 0. The van der Waals surface area contributed by atoms with Gasteiger partial charge >= 0.3 is 6.16 Å². The third-order valence-corrected chi connectivity index (χ3v) is 4.23. The van der Waals surface area contributed by atoms with E-state index in [2.05, 4.69) is 13.8 Å². The van der Waals surface area contributed by atoms with E-state index in [9.17, 15) is 9.90 Å². The van der Waals surface area contributed by atoms with Crippen molar-refractivity contribution in [3.05, 3.63) is 11.1 Å². The summed E-state index contributed by atoms with van der Waals surface area (Å²) in [6, 6.07) is 0. The molecule has 0 saturated carbocycles. The van der Waals surface area contributed by atoms with E-state index in [-0.39, 0.29) is 17.2 Å². The summed E-state index contributed by atoms with van der Waals surface area (Å²) in [7, 11) is 0. The molecule has 0 aliphatic rings. The maximum absolute atomic E-state index is 11.2. The Hall–Kier alpha value is -2.11. The first-order chi connectivity index (χ1) is 13.0. The number of hydrogen-bond donors (Lipinski definition) is 2. The lowest BCUT2D eigenvalue weighted by molar-refractivity contribution is 0.139. The maximum atomic E-state index is 11.2. The molecule has 0 heterocycles. The molecule has 0 aliphatic heterocycles. The Bertz CT molecular complexity index is 597. The smallest absolute Gasteiger partial charge is 0.504 e. The molecule has 1 aromatic rings. The summed E-state index contributed by atoms with van der Waals surface area (Å²) in [5.74, 6) is 0.395. The molecule has 0 aromatic heterocycles. The first-order valence-electron chi connectivity index (χ1n) is 10.1. The van der Waals surface area contributed by atoms with Crippen LogP contribution in [0.4, 0.5) is 4.79 Å². The zero-order chi connectivity index (χ0) is 20.2. The molecule has 0 atom stereocenters. The van der Waals surface area contributed by atoms with Gasteiger partial charge in [0.2, 0.25) is 11.5 Å². The van der Waals surface area contributed by atoms with Crippen molar-refractivity contribution in [3.8, 4) is 23.0 Å². The molecule has 0 spiro atoms. The number of benzene rings is 1. The first kappa shape index (κ1) is 22.9. The highest BCUT2D eigenvalue weighted by Crippen LogP contribution is 2.50. The summed E-state index contributed by atoms with van der Waals surface area (Å²) in [4.78, 5) is 11.2. The highest BCUT2D eigenvalue weighted by Gasteiger charge is 2.28. The fourth-order valence-corrected chi connectivity index (χ4v) is 2.90. The minimum atomic E-state index is -1.49. The van der Waals surface area contributed by atoms with E-state index in [1.165, 1.54) is 0 Å². The van der Waals surface area contributed by atoms with Crippen molar-refractivity contribution in [1.29, 1.82) is 0 Å². The van der Waals surface area contributed by atoms with Gasteiger partial charge in [0.05, 0.1) is 13.2 Å². The van der Waals surface area contributed by atoms with Gasteiger partial charge in [0, 0.05) is 11.1 Å². The quantitative estimate of drug-likeness (QED) is 0.258. The Morgan fingerprint density at radius 1 is 0.778 bits per heavy atom. The number of hydrogen-bond acceptors (Lipinski definition) is 5. The summed E-state index contributed by atoms with van der Waals surface area (Å²) in [6.07, 6.45) is 5.10. The maximum Gasteiger partial charge on any atom is 0.511 e. The van der Waals surface area contributed by atoms with Gasteiger partial charge in [0.1, 0.15) is 0 Å². The Balaban J connectivity index is 3.58. The van der Waals surface area contributed by atoms with Gasteiger partial charge in [0.25, 0.3) is 0 Å². The van der Waals surface area contributed by atoms with Crippen LogP contribution >= 0.6 is 0 Å². The lowest BCUT2D eigenvalue weighted by atomic mass is 9.96. The van der Waals surface area contributed by atoms with E-state index in [1.54, 1.807) is 0 Å². The summed E-state index contributed by atoms with van der Waals surface area (Å²) < 4.78 is 16.9. The topological polar surface area (TPSA) is 85.2 Å². The molecule has 6 heteroatoms. The summed E-state index contributed by atoms with van der Waals surface area (Å²) in [5.41, 5.74) is 1.57. The van der Waals surface area contributed by atoms with Crippen molar-refractivity contribution in [2.45, 2.75) is 79.1 Å².